The van der Waals surface area contributed by atoms with Gasteiger partial charge in [0.05, 0.1) is 22.2 Å². The van der Waals surface area contributed by atoms with Gasteiger partial charge in [-0.25, -0.2) is 4.79 Å². The molecule has 0 bridgehead atoms. The van der Waals surface area contributed by atoms with Gasteiger partial charge in [0.25, 0.3) is 0 Å². The van der Waals surface area contributed by atoms with Gasteiger partial charge in [0, 0.05) is 32.6 Å². The van der Waals surface area contributed by atoms with E-state index in [1.807, 2.05) is 11.9 Å². The maximum atomic E-state index is 12.1. The van der Waals surface area contributed by atoms with Crippen molar-refractivity contribution in [2.45, 2.75) is 25.7 Å². The summed E-state index contributed by atoms with van der Waals surface area (Å²) >= 11 is 5.98. The Bertz CT molecular complexity index is 1240. The van der Waals surface area contributed by atoms with Crippen LogP contribution in [-0.4, -0.2) is 29.2 Å². The Morgan fingerprint density at radius 3 is 2.87 bits per heavy atom. The Kier molecular flexibility index (Phi) is 5.66. The van der Waals surface area contributed by atoms with E-state index >= 15 is 0 Å². The van der Waals surface area contributed by atoms with Crippen molar-refractivity contribution in [2.75, 3.05) is 18.5 Å². The lowest BCUT2D eigenvalue weighted by molar-refractivity contribution is 0.248. The molecular weight excluding hydrogens is 418 g/mol. The smallest absolute Gasteiger partial charge is 0.352 e. The fraction of sp³-hybridized carbons (Fsp3) is 0.273. The summed E-state index contributed by atoms with van der Waals surface area (Å²) in [5, 5.41) is 19.1. The van der Waals surface area contributed by atoms with E-state index in [1.165, 1.54) is 0 Å². The number of nitrogens with zero attached hydrogens (tertiary/aromatic N) is 5. The second kappa shape index (κ2) is 8.55. The molecule has 0 spiro atoms. The summed E-state index contributed by atoms with van der Waals surface area (Å²) in [6.07, 6.45) is 3.35. The minimum atomic E-state index is -0.382. The van der Waals surface area contributed by atoms with Gasteiger partial charge in [0.1, 0.15) is 30.3 Å². The molecule has 0 N–H and O–H groups in total. The van der Waals surface area contributed by atoms with Crippen LogP contribution in [-0.2, 0) is 13.2 Å². The second-order valence-electron chi connectivity index (χ2n) is 7.20. The average Bonchev–Trinajstić information content (AvgIpc) is 3.15. The first-order valence-electron chi connectivity index (χ1n) is 9.61. The van der Waals surface area contributed by atoms with Gasteiger partial charge >= 0.3 is 5.69 Å². The molecule has 2 aliphatic rings. The number of rotatable bonds is 5. The number of nitriles is 2. The average molecular weight is 436 g/mol. The summed E-state index contributed by atoms with van der Waals surface area (Å²) in [5.74, 6) is 1.42. The molecule has 1 aliphatic heterocycles. The maximum absolute atomic E-state index is 12.1. The third-order valence-electron chi connectivity index (χ3n) is 5.13. The van der Waals surface area contributed by atoms with Gasteiger partial charge in [-0.3, -0.25) is 4.57 Å². The van der Waals surface area contributed by atoms with E-state index in [4.69, 9.17) is 26.3 Å². The van der Waals surface area contributed by atoms with E-state index in [-0.39, 0.29) is 24.3 Å². The van der Waals surface area contributed by atoms with Crippen molar-refractivity contribution in [3.63, 3.8) is 0 Å². The van der Waals surface area contributed by atoms with Crippen LogP contribution in [0.3, 0.4) is 0 Å². The van der Waals surface area contributed by atoms with Gasteiger partial charge in [-0.2, -0.15) is 15.5 Å². The summed E-state index contributed by atoms with van der Waals surface area (Å²) in [4.78, 5) is 18.1. The summed E-state index contributed by atoms with van der Waals surface area (Å²) in [7, 11) is 1.91. The number of allylic oxidation sites excluding steroid dienone is 2. The summed E-state index contributed by atoms with van der Waals surface area (Å²) < 4.78 is 13.2. The SMILES string of the molecule is CN1CCn2c1cc(OCc1ccc(OC3C=CC(Cl)=C(C#N)C3)c(C#N)c1)nc2=O. The van der Waals surface area contributed by atoms with E-state index in [9.17, 15) is 10.1 Å². The van der Waals surface area contributed by atoms with Crippen LogP contribution < -0.4 is 20.1 Å². The second-order valence-corrected chi connectivity index (χ2v) is 7.60. The summed E-state index contributed by atoms with van der Waals surface area (Å²) in [6, 6.07) is 11.1. The highest BCUT2D eigenvalue weighted by Crippen LogP contribution is 2.28. The fourth-order valence-corrected chi connectivity index (χ4v) is 3.65. The molecule has 4 rings (SSSR count). The van der Waals surface area contributed by atoms with Crippen LogP contribution in [0.4, 0.5) is 5.82 Å². The van der Waals surface area contributed by atoms with E-state index in [2.05, 4.69) is 17.1 Å². The monoisotopic (exact) mass is 435 g/mol. The van der Waals surface area contributed by atoms with E-state index in [1.54, 1.807) is 41.0 Å². The van der Waals surface area contributed by atoms with Gasteiger partial charge in [-0.1, -0.05) is 17.7 Å². The van der Waals surface area contributed by atoms with Crippen LogP contribution in [0.2, 0.25) is 0 Å². The molecule has 2 aromatic rings. The third kappa shape index (κ3) is 4.25. The molecule has 156 valence electrons. The zero-order chi connectivity index (χ0) is 22.0. The topological polar surface area (TPSA) is 104 Å². The van der Waals surface area contributed by atoms with Gasteiger partial charge in [-0.05, 0) is 29.8 Å². The highest BCUT2D eigenvalue weighted by molar-refractivity contribution is 6.32. The lowest BCUT2D eigenvalue weighted by atomic mass is 10.0. The van der Waals surface area contributed by atoms with Crippen LogP contribution in [0.1, 0.15) is 17.5 Å². The molecule has 1 atom stereocenters. The number of halogens is 1. The first-order valence-corrected chi connectivity index (χ1v) is 9.98. The molecule has 1 aromatic heterocycles. The highest BCUT2D eigenvalue weighted by atomic mass is 35.5. The molecule has 1 aromatic carbocycles. The number of likely N-dealkylation sites (N-methyl/N-ethyl adjacent to an activating group) is 1. The summed E-state index contributed by atoms with van der Waals surface area (Å²) in [5.41, 5.74) is 1.18. The molecule has 0 saturated heterocycles. The zero-order valence-corrected chi connectivity index (χ0v) is 17.5. The van der Waals surface area contributed by atoms with Gasteiger partial charge in [0.15, 0.2) is 0 Å². The predicted octanol–water partition coefficient (Wildman–Crippen LogP) is 2.87. The largest absolute Gasteiger partial charge is 0.485 e. The van der Waals surface area contributed by atoms with E-state index in [0.29, 0.717) is 34.9 Å². The molecule has 0 fully saturated rings. The van der Waals surface area contributed by atoms with Crippen LogP contribution in [0, 0.1) is 22.7 Å². The van der Waals surface area contributed by atoms with Crippen molar-refractivity contribution in [3.8, 4) is 23.8 Å². The lowest BCUT2D eigenvalue weighted by Gasteiger charge is -2.19. The van der Waals surface area contributed by atoms with Crippen LogP contribution in [0.25, 0.3) is 0 Å². The predicted molar refractivity (Wildman–Crippen MR) is 114 cm³/mol. The van der Waals surface area contributed by atoms with Gasteiger partial charge in [-0.15, -0.1) is 0 Å². The Balaban J connectivity index is 1.46. The number of fused-ring (bicyclic) bond motifs is 1. The number of hydrogen-bond donors (Lipinski definition) is 0. The summed E-state index contributed by atoms with van der Waals surface area (Å²) in [6.45, 7) is 1.51. The highest BCUT2D eigenvalue weighted by Gasteiger charge is 2.20. The Hall–Kier alpha value is -3.75. The first kappa shape index (κ1) is 20.5. The maximum Gasteiger partial charge on any atom is 0.352 e. The van der Waals surface area contributed by atoms with Crippen molar-refractivity contribution < 1.29 is 9.47 Å². The lowest BCUT2D eigenvalue weighted by Crippen LogP contribution is -2.22. The molecule has 2 heterocycles. The van der Waals surface area contributed by atoms with Gasteiger partial charge in [0.2, 0.25) is 5.88 Å². The molecular formula is C22H18ClN5O3. The third-order valence-corrected chi connectivity index (χ3v) is 5.49. The number of hydrogen-bond acceptors (Lipinski definition) is 7. The van der Waals surface area contributed by atoms with Crippen molar-refractivity contribution in [1.29, 1.82) is 10.5 Å². The quantitative estimate of drug-likeness (QED) is 0.711. The minimum Gasteiger partial charge on any atom is -0.485 e. The molecule has 1 unspecified atom stereocenters. The molecule has 1 aliphatic carbocycles. The zero-order valence-electron chi connectivity index (χ0n) is 16.7. The molecule has 31 heavy (non-hydrogen) atoms. The van der Waals surface area contributed by atoms with E-state index in [0.717, 1.165) is 17.9 Å². The molecule has 9 heteroatoms. The Labute approximate surface area is 183 Å². The fourth-order valence-electron chi connectivity index (χ4n) is 3.45. The van der Waals surface area contributed by atoms with Crippen LogP contribution in [0.15, 0.2) is 51.8 Å². The van der Waals surface area contributed by atoms with Crippen molar-refractivity contribution in [2.24, 2.45) is 0 Å². The van der Waals surface area contributed by atoms with Crippen LogP contribution in [0.5, 0.6) is 11.6 Å². The standard InChI is InChI=1S/C22H18ClN5O3/c1-27-6-7-28-21(27)10-20(26-22(28)29)30-13-14-2-5-19(16(8-14)12-25)31-17-3-4-18(23)15(9-17)11-24/h2-5,8,10,17H,6-7,9,13H2,1H3. The first-order chi connectivity index (χ1) is 15.0. The molecule has 0 saturated carbocycles. The normalized spacial score (nSPS) is 17.2. The number of anilines is 1. The van der Waals surface area contributed by atoms with Crippen LogP contribution >= 0.6 is 11.6 Å². The van der Waals surface area contributed by atoms with Crippen molar-refractivity contribution in [1.82, 2.24) is 9.55 Å². The van der Waals surface area contributed by atoms with Crippen molar-refractivity contribution in [3.05, 3.63) is 68.6 Å². The molecule has 0 amide bonds. The van der Waals surface area contributed by atoms with Crippen molar-refractivity contribution >= 4 is 17.4 Å². The van der Waals surface area contributed by atoms with E-state index < -0.39 is 0 Å². The Morgan fingerprint density at radius 2 is 2.10 bits per heavy atom. The number of ether oxygens (including phenoxy) is 2. The Morgan fingerprint density at radius 1 is 1.26 bits per heavy atom. The van der Waals surface area contributed by atoms with Gasteiger partial charge < -0.3 is 14.4 Å². The molecule has 0 radical (unpaired) electrons. The molecule has 8 nitrogen and oxygen atoms in total. The number of aromatic nitrogens is 2. The minimum absolute atomic E-state index is 0.148. The number of benzene rings is 1.